The van der Waals surface area contributed by atoms with Gasteiger partial charge in [0.05, 0.1) is 13.2 Å². The highest BCUT2D eigenvalue weighted by atomic mass is 16.5. The fourth-order valence-electron chi connectivity index (χ4n) is 3.79. The Morgan fingerprint density at radius 3 is 2.41 bits per heavy atom. The van der Waals surface area contributed by atoms with E-state index in [0.29, 0.717) is 69.3 Å². The van der Waals surface area contributed by atoms with Crippen LogP contribution in [-0.2, 0) is 9.53 Å². The summed E-state index contributed by atoms with van der Waals surface area (Å²) in [7, 11) is 0. The molecule has 0 spiro atoms. The van der Waals surface area contributed by atoms with E-state index in [2.05, 4.69) is 4.98 Å². The Kier molecular flexibility index (Phi) is 6.05. The first-order valence-electron chi connectivity index (χ1n) is 10.0. The molecule has 1 aromatic heterocycles. The van der Waals surface area contributed by atoms with E-state index in [1.54, 1.807) is 23.4 Å². The minimum absolute atomic E-state index is 0.0221. The van der Waals surface area contributed by atoms with Crippen molar-refractivity contribution in [1.82, 2.24) is 14.8 Å². The van der Waals surface area contributed by atoms with Crippen LogP contribution in [0.3, 0.4) is 0 Å². The van der Waals surface area contributed by atoms with Crippen LogP contribution in [-0.4, -0.2) is 66.0 Å². The van der Waals surface area contributed by atoms with Crippen molar-refractivity contribution in [3.05, 3.63) is 54.4 Å². The van der Waals surface area contributed by atoms with Gasteiger partial charge in [-0.15, -0.1) is 0 Å². The molecule has 0 atom stereocenters. The molecular weight excluding hydrogens is 370 g/mol. The number of amides is 2. The Labute approximate surface area is 170 Å². The second-order valence-electron chi connectivity index (χ2n) is 7.29. The lowest BCUT2D eigenvalue weighted by molar-refractivity contribution is -0.141. The third kappa shape index (κ3) is 4.56. The smallest absolute Gasteiger partial charge is 0.259 e. The maximum atomic E-state index is 13.1. The molecular formula is C22H25N3O4. The summed E-state index contributed by atoms with van der Waals surface area (Å²) in [6.45, 7) is 3.64. The van der Waals surface area contributed by atoms with Gasteiger partial charge in [0.25, 0.3) is 5.91 Å². The van der Waals surface area contributed by atoms with Crippen molar-refractivity contribution in [2.24, 2.45) is 5.92 Å². The number of morpholine rings is 1. The average Bonchev–Trinajstić information content (AvgIpc) is 2.80. The zero-order chi connectivity index (χ0) is 20.1. The van der Waals surface area contributed by atoms with Crippen molar-refractivity contribution in [3.63, 3.8) is 0 Å². The zero-order valence-corrected chi connectivity index (χ0v) is 16.3. The number of ether oxygens (including phenoxy) is 2. The Morgan fingerprint density at radius 1 is 0.966 bits per heavy atom. The third-order valence-corrected chi connectivity index (χ3v) is 5.44. The molecule has 4 rings (SSSR count). The van der Waals surface area contributed by atoms with E-state index in [0.717, 1.165) is 0 Å². The van der Waals surface area contributed by atoms with Crippen molar-refractivity contribution in [2.75, 3.05) is 39.4 Å². The maximum absolute atomic E-state index is 13.1. The first-order valence-corrected chi connectivity index (χ1v) is 10.0. The van der Waals surface area contributed by atoms with Gasteiger partial charge < -0.3 is 19.3 Å². The van der Waals surface area contributed by atoms with Gasteiger partial charge in [0.15, 0.2) is 0 Å². The van der Waals surface area contributed by atoms with E-state index < -0.39 is 0 Å². The van der Waals surface area contributed by atoms with Crippen molar-refractivity contribution in [3.8, 4) is 11.5 Å². The standard InChI is InChI=1S/C22H25N3O4/c26-21(25-12-14-28-15-13-25)17-7-10-24(11-8-17)22(27)19-16-23-9-6-20(19)29-18-4-2-1-3-5-18/h1-6,9,16-17H,7-8,10-15H2. The molecule has 29 heavy (non-hydrogen) atoms. The number of carbonyl (C=O) groups excluding carboxylic acids is 2. The molecule has 0 radical (unpaired) electrons. The predicted octanol–water partition coefficient (Wildman–Crippen LogP) is 2.58. The van der Waals surface area contributed by atoms with E-state index in [-0.39, 0.29) is 17.7 Å². The van der Waals surface area contributed by atoms with Crippen LogP contribution in [0.2, 0.25) is 0 Å². The first-order chi connectivity index (χ1) is 14.2. The van der Waals surface area contributed by atoms with Crippen molar-refractivity contribution in [1.29, 1.82) is 0 Å². The monoisotopic (exact) mass is 395 g/mol. The summed E-state index contributed by atoms with van der Waals surface area (Å²) in [5.74, 6) is 1.22. The normalized spacial score (nSPS) is 17.8. The molecule has 2 fully saturated rings. The van der Waals surface area contributed by atoms with Gasteiger partial charge in [0, 0.05) is 44.5 Å². The molecule has 0 saturated carbocycles. The van der Waals surface area contributed by atoms with Crippen LogP contribution < -0.4 is 4.74 Å². The van der Waals surface area contributed by atoms with E-state index in [1.165, 1.54) is 0 Å². The molecule has 3 heterocycles. The highest BCUT2D eigenvalue weighted by molar-refractivity contribution is 5.97. The lowest BCUT2D eigenvalue weighted by atomic mass is 9.94. The zero-order valence-electron chi connectivity index (χ0n) is 16.3. The van der Waals surface area contributed by atoms with E-state index >= 15 is 0 Å². The molecule has 152 valence electrons. The molecule has 7 nitrogen and oxygen atoms in total. The number of likely N-dealkylation sites (tertiary alicyclic amines) is 1. The van der Waals surface area contributed by atoms with E-state index in [1.807, 2.05) is 35.2 Å². The molecule has 0 bridgehead atoms. The molecule has 1 aromatic carbocycles. The van der Waals surface area contributed by atoms with Gasteiger partial charge >= 0.3 is 0 Å². The van der Waals surface area contributed by atoms with Crippen LogP contribution in [0.1, 0.15) is 23.2 Å². The summed E-state index contributed by atoms with van der Waals surface area (Å²) in [6, 6.07) is 11.1. The number of hydrogen-bond donors (Lipinski definition) is 0. The van der Waals surface area contributed by atoms with Gasteiger partial charge in [0.1, 0.15) is 17.1 Å². The Bertz CT molecular complexity index is 844. The minimum Gasteiger partial charge on any atom is -0.456 e. The Morgan fingerprint density at radius 2 is 1.69 bits per heavy atom. The van der Waals surface area contributed by atoms with Gasteiger partial charge in [-0.25, -0.2) is 0 Å². The molecule has 7 heteroatoms. The second-order valence-corrected chi connectivity index (χ2v) is 7.29. The van der Waals surface area contributed by atoms with Crippen LogP contribution in [0.4, 0.5) is 0 Å². The summed E-state index contributed by atoms with van der Waals surface area (Å²) in [6.07, 6.45) is 4.52. The summed E-state index contributed by atoms with van der Waals surface area (Å²) < 4.78 is 11.2. The van der Waals surface area contributed by atoms with Crippen molar-refractivity contribution >= 4 is 11.8 Å². The number of para-hydroxylation sites is 1. The van der Waals surface area contributed by atoms with Gasteiger partial charge in [-0.2, -0.15) is 0 Å². The molecule has 2 aliphatic heterocycles. The van der Waals surface area contributed by atoms with Gasteiger partial charge in [0.2, 0.25) is 5.91 Å². The molecule has 2 amide bonds. The highest BCUT2D eigenvalue weighted by Gasteiger charge is 2.32. The van der Waals surface area contributed by atoms with Crippen molar-refractivity contribution < 1.29 is 19.1 Å². The number of hydrogen-bond acceptors (Lipinski definition) is 5. The molecule has 0 N–H and O–H groups in total. The first kappa shape index (κ1) is 19.4. The summed E-state index contributed by atoms with van der Waals surface area (Å²) in [4.78, 5) is 33.6. The Balaban J connectivity index is 1.39. The number of piperidine rings is 1. The second kappa shape index (κ2) is 9.05. The molecule has 2 aliphatic rings. The molecule has 2 saturated heterocycles. The lowest BCUT2D eigenvalue weighted by Crippen LogP contribution is -2.47. The predicted molar refractivity (Wildman–Crippen MR) is 107 cm³/mol. The van der Waals surface area contributed by atoms with Crippen LogP contribution in [0.15, 0.2) is 48.8 Å². The summed E-state index contributed by atoms with van der Waals surface area (Å²) in [5, 5.41) is 0. The van der Waals surface area contributed by atoms with Gasteiger partial charge in [-0.1, -0.05) is 18.2 Å². The number of carbonyl (C=O) groups is 2. The third-order valence-electron chi connectivity index (χ3n) is 5.44. The lowest BCUT2D eigenvalue weighted by Gasteiger charge is -2.35. The van der Waals surface area contributed by atoms with Gasteiger partial charge in [-0.3, -0.25) is 14.6 Å². The quantitative estimate of drug-likeness (QED) is 0.796. The number of rotatable bonds is 4. The van der Waals surface area contributed by atoms with Crippen LogP contribution in [0.5, 0.6) is 11.5 Å². The number of benzene rings is 1. The largest absolute Gasteiger partial charge is 0.456 e. The van der Waals surface area contributed by atoms with Crippen LogP contribution in [0.25, 0.3) is 0 Å². The summed E-state index contributed by atoms with van der Waals surface area (Å²) in [5.41, 5.74) is 0.439. The molecule has 2 aromatic rings. The molecule has 0 aliphatic carbocycles. The van der Waals surface area contributed by atoms with E-state index in [9.17, 15) is 9.59 Å². The minimum atomic E-state index is -0.110. The Hall–Kier alpha value is -2.93. The molecule has 0 unspecified atom stereocenters. The van der Waals surface area contributed by atoms with Crippen molar-refractivity contribution in [2.45, 2.75) is 12.8 Å². The number of nitrogens with zero attached hydrogens (tertiary/aromatic N) is 3. The van der Waals surface area contributed by atoms with Gasteiger partial charge in [-0.05, 0) is 31.0 Å². The SMILES string of the molecule is O=C(c1cnccc1Oc1ccccc1)N1CCC(C(=O)N2CCOCC2)CC1. The highest BCUT2D eigenvalue weighted by Crippen LogP contribution is 2.27. The number of aromatic nitrogens is 1. The average molecular weight is 395 g/mol. The topological polar surface area (TPSA) is 72.0 Å². The fraction of sp³-hybridized carbons (Fsp3) is 0.409. The van der Waals surface area contributed by atoms with Crippen LogP contribution >= 0.6 is 0 Å². The fourth-order valence-corrected chi connectivity index (χ4v) is 3.79. The number of pyridine rings is 1. The maximum Gasteiger partial charge on any atom is 0.259 e. The van der Waals surface area contributed by atoms with E-state index in [4.69, 9.17) is 9.47 Å². The summed E-state index contributed by atoms with van der Waals surface area (Å²) >= 11 is 0. The van der Waals surface area contributed by atoms with Crippen LogP contribution in [0, 0.1) is 5.92 Å².